The molecule has 0 atom stereocenters. The maximum absolute atomic E-state index is 11.2. The molecule has 0 aromatic heterocycles. The normalized spacial score (nSPS) is 9.42. The van der Waals surface area contributed by atoms with Gasteiger partial charge in [-0.05, 0) is 19.1 Å². The van der Waals surface area contributed by atoms with Crippen molar-refractivity contribution in [1.29, 1.82) is 0 Å². The summed E-state index contributed by atoms with van der Waals surface area (Å²) < 4.78 is 0. The van der Waals surface area contributed by atoms with Gasteiger partial charge in [0.2, 0.25) is 0 Å². The van der Waals surface area contributed by atoms with Crippen LogP contribution in [0.5, 0.6) is 5.75 Å². The predicted octanol–water partition coefficient (Wildman–Crippen LogP) is 1.58. The fourth-order valence-corrected chi connectivity index (χ4v) is 0.910. The molecule has 0 spiro atoms. The van der Waals surface area contributed by atoms with Crippen molar-refractivity contribution in [2.24, 2.45) is 0 Å². The number of nitrogens with one attached hydrogen (secondary N) is 1. The Balaban J connectivity index is 2.87. The van der Waals surface area contributed by atoms with Crippen LogP contribution in [0.4, 0.5) is 0 Å². The van der Waals surface area contributed by atoms with Crippen molar-refractivity contribution in [2.45, 2.75) is 6.92 Å². The summed E-state index contributed by atoms with van der Waals surface area (Å²) in [5.74, 6) is -0.536. The van der Waals surface area contributed by atoms with Crippen LogP contribution in [0.2, 0.25) is 0 Å². The number of benzene rings is 1. The van der Waals surface area contributed by atoms with Gasteiger partial charge >= 0.3 is 0 Å². The molecular weight excluding hydrogens is 154 g/mol. The number of para-hydroxylation sites is 1. The second kappa shape index (κ2) is 3.76. The van der Waals surface area contributed by atoms with Gasteiger partial charge in [0.05, 0.1) is 5.56 Å². The molecule has 0 aliphatic carbocycles. The number of carbonyl (C=O) groups excluding carboxylic acids is 1. The Morgan fingerprint density at radius 3 is 2.67 bits per heavy atom. The van der Waals surface area contributed by atoms with E-state index in [1.54, 1.807) is 12.1 Å². The molecule has 0 aliphatic heterocycles. The van der Waals surface area contributed by atoms with Gasteiger partial charge in [-0.15, -0.1) is 0 Å². The highest BCUT2D eigenvalue weighted by Gasteiger charge is 2.09. The molecule has 0 saturated carbocycles. The lowest BCUT2D eigenvalue weighted by molar-refractivity contribution is 0.0951. The molecule has 0 unspecified atom stereocenters. The first-order chi connectivity index (χ1) is 5.75. The van der Waals surface area contributed by atoms with E-state index in [2.05, 4.69) is 5.32 Å². The van der Waals surface area contributed by atoms with E-state index >= 15 is 0 Å². The maximum atomic E-state index is 11.2. The summed E-state index contributed by atoms with van der Waals surface area (Å²) in [4.78, 5) is 11.2. The molecule has 63 valence electrons. The molecule has 1 N–H and O–H groups in total. The smallest absolute Gasteiger partial charge is 0.255 e. The van der Waals surface area contributed by atoms with Crippen LogP contribution in [0.1, 0.15) is 17.3 Å². The number of carbonyl (C=O) groups is 1. The van der Waals surface area contributed by atoms with E-state index in [1.807, 2.05) is 6.92 Å². The van der Waals surface area contributed by atoms with E-state index in [0.29, 0.717) is 6.54 Å². The molecule has 1 radical (unpaired) electrons. The summed E-state index contributed by atoms with van der Waals surface area (Å²) in [7, 11) is 0. The fraction of sp³-hybridized carbons (Fsp3) is 0.222. The molecule has 0 aliphatic rings. The van der Waals surface area contributed by atoms with Crippen LogP contribution >= 0.6 is 0 Å². The van der Waals surface area contributed by atoms with Crippen molar-refractivity contribution in [2.75, 3.05) is 6.54 Å². The van der Waals surface area contributed by atoms with Crippen molar-refractivity contribution < 1.29 is 9.90 Å². The highest BCUT2D eigenvalue weighted by molar-refractivity contribution is 5.96. The Morgan fingerprint density at radius 2 is 2.08 bits per heavy atom. The minimum absolute atomic E-state index is 0.208. The summed E-state index contributed by atoms with van der Waals surface area (Å²) in [5.41, 5.74) is 0.208. The van der Waals surface area contributed by atoms with Crippen molar-refractivity contribution in [3.63, 3.8) is 0 Å². The third kappa shape index (κ3) is 1.75. The molecular formula is C9H10NO2. The molecule has 3 nitrogen and oxygen atoms in total. The number of hydrogen-bond acceptors (Lipinski definition) is 1. The second-order valence-electron chi connectivity index (χ2n) is 2.36. The number of hydrogen-bond donors (Lipinski definition) is 1. The summed E-state index contributed by atoms with van der Waals surface area (Å²) >= 11 is 0. The zero-order chi connectivity index (χ0) is 8.97. The Labute approximate surface area is 71.0 Å². The van der Waals surface area contributed by atoms with Crippen molar-refractivity contribution in [3.05, 3.63) is 29.8 Å². The molecule has 0 saturated heterocycles. The molecule has 1 rings (SSSR count). The van der Waals surface area contributed by atoms with E-state index in [9.17, 15) is 9.90 Å². The van der Waals surface area contributed by atoms with Crippen molar-refractivity contribution in [1.82, 2.24) is 5.32 Å². The van der Waals surface area contributed by atoms with Gasteiger partial charge in [-0.1, -0.05) is 12.1 Å². The number of amides is 1. The first kappa shape index (κ1) is 8.59. The Kier molecular flexibility index (Phi) is 2.69. The standard InChI is InChI=1S/C9H10NO2/c1-2-10-9(12)7-5-3-4-6-8(7)11/h3-6H,2H2,1H3,(H,10,12). The summed E-state index contributed by atoms with van der Waals surface area (Å²) in [6.45, 7) is 2.35. The van der Waals surface area contributed by atoms with Gasteiger partial charge in [-0.25, -0.2) is 0 Å². The van der Waals surface area contributed by atoms with Crippen LogP contribution in [0.15, 0.2) is 24.3 Å². The largest absolute Gasteiger partial charge is 0.352 e. The molecule has 0 heterocycles. The zero-order valence-corrected chi connectivity index (χ0v) is 6.83. The topological polar surface area (TPSA) is 49.0 Å². The summed E-state index contributed by atoms with van der Waals surface area (Å²) in [6, 6.07) is 6.19. The average Bonchev–Trinajstić information content (AvgIpc) is 2.05. The first-order valence-corrected chi connectivity index (χ1v) is 3.80. The van der Waals surface area contributed by atoms with Crippen LogP contribution in [-0.4, -0.2) is 12.5 Å². The lowest BCUT2D eigenvalue weighted by Gasteiger charge is -2.01. The summed E-state index contributed by atoms with van der Waals surface area (Å²) in [6.07, 6.45) is 0. The molecule has 1 aromatic rings. The van der Waals surface area contributed by atoms with Gasteiger partial charge in [0.25, 0.3) is 5.91 Å². The lowest BCUT2D eigenvalue weighted by atomic mass is 10.2. The van der Waals surface area contributed by atoms with Gasteiger partial charge in [0.1, 0.15) is 0 Å². The predicted molar refractivity (Wildman–Crippen MR) is 44.6 cm³/mol. The molecule has 3 heteroatoms. The van der Waals surface area contributed by atoms with Crippen LogP contribution < -0.4 is 5.32 Å². The third-order valence-corrected chi connectivity index (χ3v) is 1.47. The van der Waals surface area contributed by atoms with Crippen LogP contribution in [0, 0.1) is 0 Å². The fourth-order valence-electron chi connectivity index (χ4n) is 0.910. The third-order valence-electron chi connectivity index (χ3n) is 1.47. The minimum Gasteiger partial charge on any atom is -0.352 e. The van der Waals surface area contributed by atoms with Crippen LogP contribution in [0.3, 0.4) is 0 Å². The Hall–Kier alpha value is -1.51. The van der Waals surface area contributed by atoms with E-state index in [0.717, 1.165) is 0 Å². The highest BCUT2D eigenvalue weighted by Crippen LogP contribution is 2.15. The maximum Gasteiger partial charge on any atom is 0.255 e. The SMILES string of the molecule is CCNC(=O)c1ccccc1[O]. The van der Waals surface area contributed by atoms with Crippen molar-refractivity contribution in [3.8, 4) is 5.75 Å². The van der Waals surface area contributed by atoms with E-state index < -0.39 is 0 Å². The molecule has 0 bridgehead atoms. The van der Waals surface area contributed by atoms with Gasteiger partial charge in [-0.2, -0.15) is 0 Å². The van der Waals surface area contributed by atoms with E-state index in [1.165, 1.54) is 12.1 Å². The van der Waals surface area contributed by atoms with Crippen LogP contribution in [-0.2, 0) is 5.11 Å². The molecule has 12 heavy (non-hydrogen) atoms. The van der Waals surface area contributed by atoms with Gasteiger partial charge in [-0.3, -0.25) is 9.90 Å². The van der Waals surface area contributed by atoms with E-state index in [4.69, 9.17) is 0 Å². The number of rotatable bonds is 2. The lowest BCUT2D eigenvalue weighted by Crippen LogP contribution is -2.22. The second-order valence-corrected chi connectivity index (χ2v) is 2.36. The highest BCUT2D eigenvalue weighted by atomic mass is 16.3. The molecule has 0 fully saturated rings. The van der Waals surface area contributed by atoms with Gasteiger partial charge < -0.3 is 5.32 Å². The summed E-state index contributed by atoms with van der Waals surface area (Å²) in [5, 5.41) is 13.6. The van der Waals surface area contributed by atoms with Gasteiger partial charge in [0.15, 0.2) is 5.75 Å². The van der Waals surface area contributed by atoms with E-state index in [-0.39, 0.29) is 17.2 Å². The van der Waals surface area contributed by atoms with Crippen LogP contribution in [0.25, 0.3) is 0 Å². The zero-order valence-electron chi connectivity index (χ0n) is 6.83. The Bertz CT molecular complexity index is 284. The minimum atomic E-state index is -0.303. The average molecular weight is 164 g/mol. The quantitative estimate of drug-likeness (QED) is 0.708. The Morgan fingerprint density at radius 1 is 1.42 bits per heavy atom. The first-order valence-electron chi connectivity index (χ1n) is 3.80. The van der Waals surface area contributed by atoms with Crippen molar-refractivity contribution >= 4 is 5.91 Å². The molecule has 1 aromatic carbocycles. The molecule has 1 amide bonds. The monoisotopic (exact) mass is 164 g/mol. The van der Waals surface area contributed by atoms with Gasteiger partial charge in [0, 0.05) is 6.54 Å².